The maximum Gasteiger partial charge on any atom is 0.330 e. The fourth-order valence-corrected chi connectivity index (χ4v) is 3.79. The van der Waals surface area contributed by atoms with E-state index < -0.39 is 11.2 Å². The SMILES string of the molecule is CCCCCN(C(=O)CSc1ccc(F)cc1)c1c(N)n(CCCC)c(=O)[nH]c1=O. The lowest BCUT2D eigenvalue weighted by Crippen LogP contribution is -2.42. The summed E-state index contributed by atoms with van der Waals surface area (Å²) in [5.41, 5.74) is 4.98. The molecule has 0 spiro atoms. The van der Waals surface area contributed by atoms with Crippen molar-refractivity contribution < 1.29 is 9.18 Å². The van der Waals surface area contributed by atoms with Gasteiger partial charge in [0.25, 0.3) is 5.56 Å². The van der Waals surface area contributed by atoms with E-state index in [-0.39, 0.29) is 29.0 Å². The Bertz CT molecular complexity index is 956. The summed E-state index contributed by atoms with van der Waals surface area (Å²) in [4.78, 5) is 42.2. The molecule has 2 aromatic rings. The molecule has 7 nitrogen and oxygen atoms in total. The lowest BCUT2D eigenvalue weighted by Gasteiger charge is -2.24. The molecule has 0 saturated carbocycles. The summed E-state index contributed by atoms with van der Waals surface area (Å²) < 4.78 is 14.4. The van der Waals surface area contributed by atoms with E-state index in [0.717, 1.165) is 30.6 Å². The van der Waals surface area contributed by atoms with Crippen molar-refractivity contribution in [2.45, 2.75) is 57.4 Å². The van der Waals surface area contributed by atoms with E-state index in [1.54, 1.807) is 12.1 Å². The summed E-state index contributed by atoms with van der Waals surface area (Å²) in [6, 6.07) is 5.86. The third-order valence-corrected chi connectivity index (χ3v) is 5.68. The van der Waals surface area contributed by atoms with Crippen LogP contribution in [0.1, 0.15) is 46.0 Å². The number of carbonyl (C=O) groups is 1. The average Bonchev–Trinajstić information content (AvgIpc) is 2.71. The molecule has 0 aliphatic heterocycles. The minimum Gasteiger partial charge on any atom is -0.383 e. The number of hydrogen-bond acceptors (Lipinski definition) is 5. The monoisotopic (exact) mass is 436 g/mol. The zero-order chi connectivity index (χ0) is 22.1. The summed E-state index contributed by atoms with van der Waals surface area (Å²) in [7, 11) is 0. The molecule has 0 saturated heterocycles. The second-order valence-corrected chi connectivity index (χ2v) is 8.04. The third-order valence-electron chi connectivity index (χ3n) is 4.68. The predicted molar refractivity (Wildman–Crippen MR) is 120 cm³/mol. The standard InChI is InChI=1S/C21H29FN4O3S/c1-3-5-7-13-25(17(27)14-30-16-10-8-15(22)9-11-16)18-19(23)26(12-6-4-2)21(29)24-20(18)28/h8-11H,3-7,12-14,23H2,1-2H3,(H,24,28,29). The van der Waals surface area contributed by atoms with Crippen LogP contribution in [0, 0.1) is 5.82 Å². The van der Waals surface area contributed by atoms with Crippen molar-refractivity contribution in [2.24, 2.45) is 0 Å². The fourth-order valence-electron chi connectivity index (χ4n) is 3.01. The van der Waals surface area contributed by atoms with Crippen molar-refractivity contribution in [1.82, 2.24) is 9.55 Å². The Morgan fingerprint density at radius 2 is 1.80 bits per heavy atom. The number of amides is 1. The van der Waals surface area contributed by atoms with Gasteiger partial charge in [0.2, 0.25) is 5.91 Å². The van der Waals surface area contributed by atoms with E-state index in [9.17, 15) is 18.8 Å². The minimum absolute atomic E-state index is 0.00818. The van der Waals surface area contributed by atoms with E-state index in [1.807, 2.05) is 13.8 Å². The Labute approximate surface area is 179 Å². The molecular formula is C21H29FN4O3S. The van der Waals surface area contributed by atoms with Crippen LogP contribution in [0.4, 0.5) is 15.9 Å². The lowest BCUT2D eigenvalue weighted by molar-refractivity contribution is -0.116. The number of unbranched alkanes of at least 4 members (excludes halogenated alkanes) is 3. The zero-order valence-corrected chi connectivity index (χ0v) is 18.3. The topological polar surface area (TPSA) is 101 Å². The molecule has 0 atom stereocenters. The van der Waals surface area contributed by atoms with Gasteiger partial charge in [0.1, 0.15) is 11.6 Å². The number of thioether (sulfide) groups is 1. The Hall–Kier alpha value is -2.55. The van der Waals surface area contributed by atoms with Crippen LogP contribution < -0.4 is 21.9 Å². The summed E-state index contributed by atoms with van der Waals surface area (Å²) in [6.07, 6.45) is 4.13. The molecule has 30 heavy (non-hydrogen) atoms. The van der Waals surface area contributed by atoms with Gasteiger partial charge in [-0.3, -0.25) is 19.1 Å². The Morgan fingerprint density at radius 1 is 1.13 bits per heavy atom. The first-order valence-corrected chi connectivity index (χ1v) is 11.2. The van der Waals surface area contributed by atoms with Crippen LogP contribution in [-0.4, -0.2) is 27.8 Å². The first kappa shape index (κ1) is 23.7. The van der Waals surface area contributed by atoms with Gasteiger partial charge in [0.15, 0.2) is 5.69 Å². The molecule has 1 amide bonds. The number of nitrogen functional groups attached to an aromatic ring is 1. The lowest BCUT2D eigenvalue weighted by atomic mass is 10.2. The highest BCUT2D eigenvalue weighted by Gasteiger charge is 2.24. The molecule has 2 rings (SSSR count). The number of anilines is 2. The first-order chi connectivity index (χ1) is 14.4. The smallest absolute Gasteiger partial charge is 0.330 e. The minimum atomic E-state index is -0.665. The number of rotatable bonds is 11. The molecular weight excluding hydrogens is 407 g/mol. The number of aromatic nitrogens is 2. The molecule has 164 valence electrons. The number of carbonyl (C=O) groups excluding carboxylic acids is 1. The maximum atomic E-state index is 13.1. The fraction of sp³-hybridized carbons (Fsp3) is 0.476. The third kappa shape index (κ3) is 6.22. The van der Waals surface area contributed by atoms with Gasteiger partial charge in [0.05, 0.1) is 5.75 Å². The van der Waals surface area contributed by atoms with Crippen LogP contribution in [0.5, 0.6) is 0 Å². The summed E-state index contributed by atoms with van der Waals surface area (Å²) in [5, 5.41) is 0. The predicted octanol–water partition coefficient (Wildman–Crippen LogP) is 3.37. The van der Waals surface area contributed by atoms with Crippen molar-refractivity contribution in [3.05, 3.63) is 50.9 Å². The highest BCUT2D eigenvalue weighted by Crippen LogP contribution is 2.23. The number of nitrogens with two attached hydrogens (primary N) is 1. The van der Waals surface area contributed by atoms with Gasteiger partial charge in [-0.2, -0.15) is 0 Å². The van der Waals surface area contributed by atoms with Crippen LogP contribution in [0.3, 0.4) is 0 Å². The van der Waals surface area contributed by atoms with Gasteiger partial charge >= 0.3 is 5.69 Å². The van der Waals surface area contributed by atoms with Gasteiger partial charge < -0.3 is 10.6 Å². The summed E-state index contributed by atoms with van der Waals surface area (Å²) in [6.45, 7) is 4.73. The molecule has 1 heterocycles. The van der Waals surface area contributed by atoms with Crippen LogP contribution in [0.2, 0.25) is 0 Å². The van der Waals surface area contributed by atoms with Gasteiger partial charge in [-0.05, 0) is 37.1 Å². The van der Waals surface area contributed by atoms with E-state index >= 15 is 0 Å². The van der Waals surface area contributed by atoms with Crippen LogP contribution in [0.25, 0.3) is 0 Å². The number of nitrogens with one attached hydrogen (secondary N) is 1. The molecule has 0 radical (unpaired) electrons. The number of nitrogens with zero attached hydrogens (tertiary/aromatic N) is 2. The number of H-pyrrole nitrogens is 1. The molecule has 3 N–H and O–H groups in total. The second-order valence-electron chi connectivity index (χ2n) is 6.99. The van der Waals surface area contributed by atoms with Crippen molar-refractivity contribution in [1.29, 1.82) is 0 Å². The summed E-state index contributed by atoms with van der Waals surface area (Å²) >= 11 is 1.25. The van der Waals surface area contributed by atoms with Gasteiger partial charge in [0, 0.05) is 18.0 Å². The number of hydrogen-bond donors (Lipinski definition) is 2. The number of benzene rings is 1. The van der Waals surface area contributed by atoms with Crippen LogP contribution in [-0.2, 0) is 11.3 Å². The van der Waals surface area contributed by atoms with Crippen molar-refractivity contribution in [3.63, 3.8) is 0 Å². The second kappa shape index (κ2) is 11.6. The Morgan fingerprint density at radius 3 is 2.43 bits per heavy atom. The molecule has 0 unspecified atom stereocenters. The Balaban J connectivity index is 2.33. The normalized spacial score (nSPS) is 10.9. The highest BCUT2D eigenvalue weighted by molar-refractivity contribution is 8.00. The van der Waals surface area contributed by atoms with Crippen molar-refractivity contribution in [3.8, 4) is 0 Å². The van der Waals surface area contributed by atoms with E-state index in [1.165, 1.54) is 33.4 Å². The largest absolute Gasteiger partial charge is 0.383 e. The average molecular weight is 437 g/mol. The molecule has 9 heteroatoms. The molecule has 0 aliphatic rings. The maximum absolute atomic E-state index is 13.1. The summed E-state index contributed by atoms with van der Waals surface area (Å²) in [5.74, 6) is -0.572. The van der Waals surface area contributed by atoms with Crippen LogP contribution in [0.15, 0.2) is 38.8 Å². The molecule has 1 aromatic heterocycles. The van der Waals surface area contributed by atoms with Crippen molar-refractivity contribution >= 4 is 29.2 Å². The van der Waals surface area contributed by atoms with Gasteiger partial charge in [-0.25, -0.2) is 9.18 Å². The molecule has 0 bridgehead atoms. The van der Waals surface area contributed by atoms with E-state index in [4.69, 9.17) is 5.73 Å². The van der Waals surface area contributed by atoms with Gasteiger partial charge in [-0.1, -0.05) is 33.1 Å². The zero-order valence-electron chi connectivity index (χ0n) is 17.4. The quantitative estimate of drug-likeness (QED) is 0.415. The van der Waals surface area contributed by atoms with E-state index in [2.05, 4.69) is 4.98 Å². The van der Waals surface area contributed by atoms with Crippen molar-refractivity contribution in [2.75, 3.05) is 22.9 Å². The Kier molecular flexibility index (Phi) is 9.16. The van der Waals surface area contributed by atoms with Gasteiger partial charge in [-0.15, -0.1) is 11.8 Å². The highest BCUT2D eigenvalue weighted by atomic mass is 32.2. The number of halogens is 1. The molecule has 1 aromatic carbocycles. The molecule has 0 aliphatic carbocycles. The number of aromatic amines is 1. The first-order valence-electron chi connectivity index (χ1n) is 10.2. The van der Waals surface area contributed by atoms with Crippen LogP contribution >= 0.6 is 11.8 Å². The van der Waals surface area contributed by atoms with E-state index in [0.29, 0.717) is 19.5 Å². The molecule has 0 fully saturated rings.